The number of aromatic nitrogens is 7. The molecule has 3 aliphatic heterocycles. The van der Waals surface area contributed by atoms with Crippen molar-refractivity contribution >= 4 is 50.4 Å². The molecule has 3 fully saturated rings. The fourth-order valence-electron chi connectivity index (χ4n) is 8.86. The number of carbonyl (C=O) groups excluding carboxylic acids is 4. The van der Waals surface area contributed by atoms with Crippen LogP contribution in [0.1, 0.15) is 64.6 Å². The molecule has 4 aromatic heterocycles. The molecule has 0 bridgehead atoms. The van der Waals surface area contributed by atoms with E-state index in [4.69, 9.17) is 5.14 Å². The van der Waals surface area contributed by atoms with E-state index in [1.807, 2.05) is 29.2 Å². The Labute approximate surface area is 348 Å². The summed E-state index contributed by atoms with van der Waals surface area (Å²) in [4.78, 5) is 73.7. The number of carbonyl (C=O) groups is 4. The first-order chi connectivity index (χ1) is 29.3. The highest BCUT2D eigenvalue weighted by atomic mass is 32.2. The molecule has 7 heterocycles. The quantitative estimate of drug-likeness (QED) is 0.154. The summed E-state index contributed by atoms with van der Waals surface area (Å²) in [6, 6.07) is 18.5. The summed E-state index contributed by atoms with van der Waals surface area (Å²) >= 11 is 0. The lowest BCUT2D eigenvalue weighted by Gasteiger charge is -2.39. The van der Waals surface area contributed by atoms with Gasteiger partial charge in [-0.3, -0.25) is 43.6 Å². The third-order valence-electron chi connectivity index (χ3n) is 12.0. The molecule has 2 aromatic carbocycles. The van der Waals surface area contributed by atoms with Crippen molar-refractivity contribution in [3.63, 3.8) is 0 Å². The normalized spacial score (nSPS) is 18.2. The maximum absolute atomic E-state index is 14.0. The highest BCUT2D eigenvalue weighted by Gasteiger charge is 2.42. The fraction of sp³-hybridized carbons (Fsp3) is 0.317. The number of imidazole rings is 1. The topological polar surface area (TPSA) is 245 Å². The molecule has 0 saturated carbocycles. The lowest BCUT2D eigenvalue weighted by atomic mass is 9.77. The number of nitrogens with two attached hydrogens (primary N) is 1. The number of hydrogen-bond donors (Lipinski definition) is 4. The minimum absolute atomic E-state index is 0.0516. The molecule has 1 unspecified atom stereocenters. The van der Waals surface area contributed by atoms with Gasteiger partial charge in [0.15, 0.2) is 0 Å². The van der Waals surface area contributed by atoms with Crippen molar-refractivity contribution in [1.29, 1.82) is 0 Å². The van der Waals surface area contributed by atoms with Crippen LogP contribution < -0.4 is 21.5 Å². The molecular formula is C41H42N12O7S. The number of benzene rings is 2. The van der Waals surface area contributed by atoms with Gasteiger partial charge in [0.1, 0.15) is 17.4 Å². The molecule has 3 saturated heterocycles. The van der Waals surface area contributed by atoms with Crippen LogP contribution in [0.3, 0.4) is 0 Å². The largest absolute Gasteiger partial charge is 0.339 e. The van der Waals surface area contributed by atoms with Crippen LogP contribution in [0.4, 0.5) is 5.69 Å². The number of sulfonamides is 1. The molecule has 9 rings (SSSR count). The molecule has 5 N–H and O–H groups in total. The number of hydrogen-bond acceptors (Lipinski definition) is 11. The molecule has 0 radical (unpaired) electrons. The summed E-state index contributed by atoms with van der Waals surface area (Å²) in [6.07, 6.45) is 5.95. The Hall–Kier alpha value is -6.77. The minimum atomic E-state index is -4.31. The standard InChI is InChI=1S/C41H42N12O7S/c1-49-35-27(4-2-7-32(35)53(40(49)58)33-12-13-34(54)46-37(33)56)39(57)51-20-16-41(17-21-51)15-19-50(24-41)22-25-8-10-26(11-9-25)52-23-31(38(48-52)61(42,59)60)45-36(55)30-6-3-5-28(44-30)29-14-18-43-47-29/h2-11,14,18,23,33H,12-13,15-17,19-22,24H2,1H3,(H,43,47)(H,45,55)(H2,42,59,60)(H,46,54,56). The van der Waals surface area contributed by atoms with Crippen LogP contribution in [0.5, 0.6) is 0 Å². The van der Waals surface area contributed by atoms with E-state index in [-0.39, 0.29) is 41.5 Å². The number of pyridine rings is 1. The van der Waals surface area contributed by atoms with E-state index in [0.717, 1.165) is 37.9 Å². The van der Waals surface area contributed by atoms with Crippen LogP contribution in [0.15, 0.2) is 88.9 Å². The number of para-hydroxylation sites is 1. The number of piperidine rings is 2. The highest BCUT2D eigenvalue weighted by molar-refractivity contribution is 7.89. The van der Waals surface area contributed by atoms with Gasteiger partial charge in [0, 0.05) is 45.8 Å². The maximum Gasteiger partial charge on any atom is 0.329 e. The number of likely N-dealkylation sites (tertiary alicyclic amines) is 2. The van der Waals surface area contributed by atoms with Crippen LogP contribution in [0, 0.1) is 5.41 Å². The predicted molar refractivity (Wildman–Crippen MR) is 221 cm³/mol. The Bertz CT molecular complexity index is 2890. The van der Waals surface area contributed by atoms with E-state index in [2.05, 4.69) is 35.8 Å². The van der Waals surface area contributed by atoms with Gasteiger partial charge in [-0.25, -0.2) is 28.0 Å². The first-order valence-corrected chi connectivity index (χ1v) is 21.4. The van der Waals surface area contributed by atoms with Crippen LogP contribution in [-0.2, 0) is 33.2 Å². The summed E-state index contributed by atoms with van der Waals surface area (Å²) in [5, 5.41) is 20.8. The number of H-pyrrole nitrogens is 1. The zero-order valence-electron chi connectivity index (χ0n) is 33.1. The molecule has 1 atom stereocenters. The second-order valence-electron chi connectivity index (χ2n) is 15.9. The van der Waals surface area contributed by atoms with E-state index in [1.54, 1.807) is 49.6 Å². The second kappa shape index (κ2) is 15.4. The summed E-state index contributed by atoms with van der Waals surface area (Å²) in [5.74, 6) is -1.70. The molecule has 314 valence electrons. The average molecular weight is 847 g/mol. The summed E-state index contributed by atoms with van der Waals surface area (Å²) in [6.45, 7) is 3.60. The van der Waals surface area contributed by atoms with Crippen molar-refractivity contribution < 1.29 is 27.6 Å². The highest BCUT2D eigenvalue weighted by Crippen LogP contribution is 2.41. The van der Waals surface area contributed by atoms with Gasteiger partial charge in [0.25, 0.3) is 21.8 Å². The van der Waals surface area contributed by atoms with Gasteiger partial charge in [-0.15, -0.1) is 0 Å². The molecular weight excluding hydrogens is 805 g/mol. The number of aryl methyl sites for hydroxylation is 1. The van der Waals surface area contributed by atoms with Crippen molar-refractivity contribution in [2.75, 3.05) is 31.5 Å². The monoisotopic (exact) mass is 846 g/mol. The number of anilines is 1. The second-order valence-corrected chi connectivity index (χ2v) is 17.4. The van der Waals surface area contributed by atoms with Crippen molar-refractivity contribution in [2.24, 2.45) is 17.6 Å². The lowest BCUT2D eigenvalue weighted by molar-refractivity contribution is -0.135. The Morgan fingerprint density at radius 1 is 0.967 bits per heavy atom. The first-order valence-electron chi connectivity index (χ1n) is 19.8. The molecule has 19 nitrogen and oxygen atoms in total. The smallest absolute Gasteiger partial charge is 0.329 e. The SMILES string of the molecule is Cn1c(=O)n(C2CCC(=O)NC2=O)c2cccc(C(=O)N3CCC4(CCN(Cc5ccc(-n6cc(NC(=O)c7cccc(-c8ccn[nH]8)n7)c(S(N)(=O)=O)n6)cc5)C4)CC3)c21. The third kappa shape index (κ3) is 7.53. The number of primary sulfonamides is 1. The van der Waals surface area contributed by atoms with Gasteiger partial charge >= 0.3 is 5.69 Å². The first kappa shape index (κ1) is 39.7. The van der Waals surface area contributed by atoms with Gasteiger partial charge in [0.05, 0.1) is 39.9 Å². The van der Waals surface area contributed by atoms with Gasteiger partial charge < -0.3 is 10.2 Å². The van der Waals surface area contributed by atoms with Crippen LogP contribution in [0.2, 0.25) is 0 Å². The van der Waals surface area contributed by atoms with Gasteiger partial charge in [-0.2, -0.15) is 10.2 Å². The van der Waals surface area contributed by atoms with Crippen molar-refractivity contribution in [1.82, 2.24) is 49.2 Å². The number of rotatable bonds is 9. The zero-order chi connectivity index (χ0) is 42.6. The Morgan fingerprint density at radius 2 is 1.72 bits per heavy atom. The molecule has 1 spiro atoms. The van der Waals surface area contributed by atoms with Crippen molar-refractivity contribution in [3.05, 3.63) is 106 Å². The Balaban J connectivity index is 0.836. The summed E-state index contributed by atoms with van der Waals surface area (Å²) in [7, 11) is -2.72. The average Bonchev–Trinajstić information content (AvgIpc) is 4.06. The van der Waals surface area contributed by atoms with Crippen LogP contribution in [0.25, 0.3) is 28.1 Å². The van der Waals surface area contributed by atoms with Gasteiger partial charge in [-0.1, -0.05) is 24.3 Å². The van der Waals surface area contributed by atoms with E-state index in [0.29, 0.717) is 53.3 Å². The lowest BCUT2D eigenvalue weighted by Crippen LogP contribution is -2.44. The predicted octanol–water partition coefficient (Wildman–Crippen LogP) is 2.32. The minimum Gasteiger partial charge on any atom is -0.339 e. The zero-order valence-corrected chi connectivity index (χ0v) is 33.9. The Kier molecular flexibility index (Phi) is 9.99. The van der Waals surface area contributed by atoms with Gasteiger partial charge in [0.2, 0.25) is 16.8 Å². The number of aromatic amines is 1. The van der Waals surface area contributed by atoms with E-state index >= 15 is 0 Å². The van der Waals surface area contributed by atoms with Crippen LogP contribution >= 0.6 is 0 Å². The summed E-state index contributed by atoms with van der Waals surface area (Å²) < 4.78 is 29.2. The number of nitrogens with zero attached hydrogens (tertiary/aromatic N) is 8. The molecule has 3 aliphatic rings. The van der Waals surface area contributed by atoms with E-state index in [9.17, 15) is 32.4 Å². The third-order valence-corrected chi connectivity index (χ3v) is 12.9. The number of nitrogens with one attached hydrogen (secondary N) is 3. The number of imide groups is 1. The van der Waals surface area contributed by atoms with Gasteiger partial charge in [-0.05, 0) is 85.7 Å². The van der Waals surface area contributed by atoms with Crippen molar-refractivity contribution in [2.45, 2.75) is 49.7 Å². The van der Waals surface area contributed by atoms with Crippen molar-refractivity contribution in [3.8, 4) is 17.1 Å². The molecule has 4 amide bonds. The summed E-state index contributed by atoms with van der Waals surface area (Å²) in [5.41, 5.74) is 3.65. The van der Waals surface area contributed by atoms with Crippen LogP contribution in [-0.4, -0.2) is 102 Å². The number of fused-ring (bicyclic) bond motifs is 1. The fourth-order valence-corrected chi connectivity index (χ4v) is 9.47. The Morgan fingerprint density at radius 3 is 2.44 bits per heavy atom. The molecule has 6 aromatic rings. The molecule has 20 heteroatoms. The maximum atomic E-state index is 14.0. The molecule has 61 heavy (non-hydrogen) atoms. The van der Waals surface area contributed by atoms with E-state index in [1.165, 1.54) is 26.1 Å². The molecule has 0 aliphatic carbocycles. The van der Waals surface area contributed by atoms with E-state index < -0.39 is 38.6 Å². The number of amides is 4.